The number of ether oxygens (including phenoxy) is 1. The van der Waals surface area contributed by atoms with Gasteiger partial charge in [-0.05, 0) is 42.0 Å². The first-order valence-electron chi connectivity index (χ1n) is 8.94. The number of methoxy groups -OCH3 is 1. The van der Waals surface area contributed by atoms with Gasteiger partial charge in [0, 0.05) is 25.4 Å². The second kappa shape index (κ2) is 7.93. The van der Waals surface area contributed by atoms with Crippen molar-refractivity contribution >= 4 is 11.0 Å². The van der Waals surface area contributed by atoms with Crippen molar-refractivity contribution in [1.29, 1.82) is 0 Å². The highest BCUT2D eigenvalue weighted by molar-refractivity contribution is 7.82. The maximum Gasteiger partial charge on any atom is 0.416 e. The SMILES string of the molecule is COCn1cc2c(n1)C(c1ccc(F)cc1)N(S(=O)c1ccc(C(F)(F)F)cc1)C2. The van der Waals surface area contributed by atoms with Crippen LogP contribution in [-0.4, -0.2) is 25.4 Å². The molecule has 2 atom stereocenters. The number of benzene rings is 2. The smallest absolute Gasteiger partial charge is 0.362 e. The predicted octanol–water partition coefficient (Wildman–Crippen LogP) is 4.27. The molecule has 0 bridgehead atoms. The van der Waals surface area contributed by atoms with Crippen LogP contribution in [0.2, 0.25) is 0 Å². The second-order valence-electron chi connectivity index (χ2n) is 6.80. The summed E-state index contributed by atoms with van der Waals surface area (Å²) < 4.78 is 73.5. The van der Waals surface area contributed by atoms with Crippen LogP contribution in [0.3, 0.4) is 0 Å². The molecule has 0 aliphatic carbocycles. The molecule has 0 saturated heterocycles. The molecule has 30 heavy (non-hydrogen) atoms. The van der Waals surface area contributed by atoms with Crippen LogP contribution in [0.25, 0.3) is 0 Å². The lowest BCUT2D eigenvalue weighted by Gasteiger charge is -2.24. The van der Waals surface area contributed by atoms with Crippen molar-refractivity contribution in [3.63, 3.8) is 0 Å². The molecule has 158 valence electrons. The molecule has 2 unspecified atom stereocenters. The summed E-state index contributed by atoms with van der Waals surface area (Å²) in [4.78, 5) is 0.241. The lowest BCUT2D eigenvalue weighted by atomic mass is 10.0. The number of fused-ring (bicyclic) bond motifs is 1. The Kier molecular flexibility index (Phi) is 5.48. The molecule has 0 fully saturated rings. The van der Waals surface area contributed by atoms with E-state index in [1.807, 2.05) is 0 Å². The van der Waals surface area contributed by atoms with Crippen LogP contribution in [0.15, 0.2) is 59.6 Å². The number of hydrogen-bond acceptors (Lipinski definition) is 3. The molecule has 0 saturated carbocycles. The number of rotatable bonds is 5. The fraction of sp³-hybridized carbons (Fsp3) is 0.250. The third-order valence-corrected chi connectivity index (χ3v) is 6.23. The first-order valence-corrected chi connectivity index (χ1v) is 10.0. The Labute approximate surface area is 172 Å². The van der Waals surface area contributed by atoms with Crippen molar-refractivity contribution in [2.24, 2.45) is 0 Å². The first kappa shape index (κ1) is 20.7. The lowest BCUT2D eigenvalue weighted by molar-refractivity contribution is -0.137. The summed E-state index contributed by atoms with van der Waals surface area (Å²) in [5, 5.41) is 4.51. The van der Waals surface area contributed by atoms with E-state index in [2.05, 4.69) is 5.10 Å². The van der Waals surface area contributed by atoms with E-state index in [0.29, 0.717) is 11.3 Å². The summed E-state index contributed by atoms with van der Waals surface area (Å²) in [5.74, 6) is -0.405. The van der Waals surface area contributed by atoms with Crippen LogP contribution in [0.5, 0.6) is 0 Å². The van der Waals surface area contributed by atoms with E-state index >= 15 is 0 Å². The first-order chi connectivity index (χ1) is 14.3. The van der Waals surface area contributed by atoms with Gasteiger partial charge < -0.3 is 4.74 Å². The Bertz CT molecular complexity index is 1070. The topological polar surface area (TPSA) is 47.4 Å². The van der Waals surface area contributed by atoms with E-state index in [0.717, 1.165) is 17.7 Å². The lowest BCUT2D eigenvalue weighted by Crippen LogP contribution is -2.26. The maximum atomic E-state index is 13.4. The third kappa shape index (κ3) is 3.90. The quantitative estimate of drug-likeness (QED) is 0.558. The Morgan fingerprint density at radius 2 is 1.80 bits per heavy atom. The zero-order valence-electron chi connectivity index (χ0n) is 15.8. The van der Waals surface area contributed by atoms with Crippen molar-refractivity contribution in [1.82, 2.24) is 14.1 Å². The fourth-order valence-electron chi connectivity index (χ4n) is 3.44. The van der Waals surface area contributed by atoms with Crippen LogP contribution in [0.4, 0.5) is 17.6 Å². The minimum atomic E-state index is -4.47. The Morgan fingerprint density at radius 3 is 2.40 bits per heavy atom. The number of nitrogens with zero attached hydrogens (tertiary/aromatic N) is 3. The molecule has 4 rings (SSSR count). The van der Waals surface area contributed by atoms with Gasteiger partial charge in [0.15, 0.2) is 0 Å². The molecule has 2 aromatic carbocycles. The van der Waals surface area contributed by atoms with Crippen LogP contribution >= 0.6 is 0 Å². The summed E-state index contributed by atoms with van der Waals surface area (Å²) in [6, 6.07) is 9.48. The number of hydrogen-bond donors (Lipinski definition) is 0. The number of alkyl halides is 3. The molecule has 0 amide bonds. The number of aromatic nitrogens is 2. The van der Waals surface area contributed by atoms with Gasteiger partial charge in [0.05, 0.1) is 22.2 Å². The summed E-state index contributed by atoms with van der Waals surface area (Å²) in [6.45, 7) is 0.514. The molecule has 1 aliphatic heterocycles. The van der Waals surface area contributed by atoms with Crippen LogP contribution < -0.4 is 0 Å². The minimum absolute atomic E-state index is 0.241. The van der Waals surface area contributed by atoms with Gasteiger partial charge in [0.1, 0.15) is 23.5 Å². The number of halogens is 4. The van der Waals surface area contributed by atoms with E-state index < -0.39 is 34.6 Å². The van der Waals surface area contributed by atoms with Gasteiger partial charge in [-0.25, -0.2) is 17.6 Å². The largest absolute Gasteiger partial charge is 0.416 e. The van der Waals surface area contributed by atoms with Crippen molar-refractivity contribution in [2.45, 2.75) is 30.4 Å². The monoisotopic (exact) mass is 439 g/mol. The standard InChI is InChI=1S/C20H17F4N3O2S/c1-29-12-26-10-14-11-27(19(18(14)25-26)13-2-6-16(21)7-3-13)30(28)17-8-4-15(5-9-17)20(22,23)24/h2-10,19H,11-12H2,1H3. The minimum Gasteiger partial charge on any atom is -0.362 e. The highest BCUT2D eigenvalue weighted by atomic mass is 32.2. The Morgan fingerprint density at radius 1 is 1.13 bits per heavy atom. The maximum absolute atomic E-state index is 13.4. The molecule has 2 heterocycles. The Balaban J connectivity index is 1.69. The average molecular weight is 439 g/mol. The molecule has 1 aliphatic rings. The van der Waals surface area contributed by atoms with Crippen LogP contribution in [-0.2, 0) is 35.2 Å². The van der Waals surface area contributed by atoms with Crippen molar-refractivity contribution in [2.75, 3.05) is 7.11 Å². The normalized spacial score (nSPS) is 17.8. The van der Waals surface area contributed by atoms with Crippen molar-refractivity contribution in [3.05, 3.63) is 82.9 Å². The molecule has 1 aromatic heterocycles. The molecular weight excluding hydrogens is 422 g/mol. The van der Waals surface area contributed by atoms with Crippen LogP contribution in [0, 0.1) is 5.82 Å². The molecule has 0 radical (unpaired) electrons. The van der Waals surface area contributed by atoms with Gasteiger partial charge in [0.2, 0.25) is 0 Å². The van der Waals surface area contributed by atoms with Gasteiger partial charge >= 0.3 is 6.18 Å². The molecule has 0 N–H and O–H groups in total. The van der Waals surface area contributed by atoms with Gasteiger partial charge in [-0.1, -0.05) is 12.1 Å². The molecular formula is C20H17F4N3O2S. The van der Waals surface area contributed by atoms with E-state index in [1.54, 1.807) is 27.3 Å². The molecule has 5 nitrogen and oxygen atoms in total. The fourth-order valence-corrected chi connectivity index (χ4v) is 4.75. The molecule has 0 spiro atoms. The summed E-state index contributed by atoms with van der Waals surface area (Å²) >= 11 is 0. The zero-order valence-corrected chi connectivity index (χ0v) is 16.6. The Hall–Kier alpha value is -2.56. The van der Waals surface area contributed by atoms with Gasteiger partial charge in [0.25, 0.3) is 0 Å². The third-order valence-electron chi connectivity index (χ3n) is 4.79. The van der Waals surface area contributed by atoms with E-state index in [4.69, 9.17) is 4.74 Å². The molecule has 10 heteroatoms. The zero-order chi connectivity index (χ0) is 21.5. The van der Waals surface area contributed by atoms with Gasteiger partial charge in [-0.2, -0.15) is 18.3 Å². The predicted molar refractivity (Wildman–Crippen MR) is 101 cm³/mol. The van der Waals surface area contributed by atoms with Crippen molar-refractivity contribution < 1.29 is 26.5 Å². The van der Waals surface area contributed by atoms with Gasteiger partial charge in [-0.3, -0.25) is 0 Å². The highest BCUT2D eigenvalue weighted by Crippen LogP contribution is 2.40. The van der Waals surface area contributed by atoms with E-state index in [9.17, 15) is 21.8 Å². The van der Waals surface area contributed by atoms with E-state index in [-0.39, 0.29) is 18.2 Å². The average Bonchev–Trinajstić information content (AvgIpc) is 3.25. The molecule has 3 aromatic rings. The van der Waals surface area contributed by atoms with Crippen molar-refractivity contribution in [3.8, 4) is 0 Å². The summed E-state index contributed by atoms with van der Waals surface area (Å²) in [7, 11) is -0.215. The highest BCUT2D eigenvalue weighted by Gasteiger charge is 2.39. The summed E-state index contributed by atoms with van der Waals surface area (Å²) in [5.41, 5.74) is 1.34. The van der Waals surface area contributed by atoms with E-state index in [1.165, 1.54) is 31.4 Å². The summed E-state index contributed by atoms with van der Waals surface area (Å²) in [6.07, 6.45) is -2.69. The second-order valence-corrected chi connectivity index (χ2v) is 8.24. The van der Waals surface area contributed by atoms with Gasteiger partial charge in [-0.15, -0.1) is 0 Å². The van der Waals surface area contributed by atoms with Crippen LogP contribution in [0.1, 0.15) is 28.4 Å².